The second-order valence-corrected chi connectivity index (χ2v) is 8.08. The van der Waals surface area contributed by atoms with Gasteiger partial charge >= 0.3 is 5.97 Å². The highest BCUT2D eigenvalue weighted by Crippen LogP contribution is 2.44. The van der Waals surface area contributed by atoms with Gasteiger partial charge in [0, 0.05) is 6.42 Å². The number of rotatable bonds is 9. The summed E-state index contributed by atoms with van der Waals surface area (Å²) < 4.78 is 19.7. The first-order valence-electron chi connectivity index (χ1n) is 9.29. The van der Waals surface area contributed by atoms with Gasteiger partial charge in [-0.25, -0.2) is 4.39 Å². The monoisotopic (exact) mass is 482 g/mol. The van der Waals surface area contributed by atoms with Crippen LogP contribution in [0.4, 0.5) is 4.39 Å². The molecule has 1 aliphatic carbocycles. The Morgan fingerprint density at radius 3 is 2.69 bits per heavy atom. The van der Waals surface area contributed by atoms with Crippen molar-refractivity contribution in [2.45, 2.75) is 25.2 Å². The molecule has 1 heterocycles. The van der Waals surface area contributed by atoms with Crippen LogP contribution in [0.3, 0.4) is 0 Å². The van der Waals surface area contributed by atoms with E-state index >= 15 is 0 Å². The van der Waals surface area contributed by atoms with E-state index < -0.39 is 34.5 Å². The molecule has 1 amide bonds. The van der Waals surface area contributed by atoms with E-state index in [1.807, 2.05) is 0 Å². The first-order valence-corrected chi connectivity index (χ1v) is 10.6. The van der Waals surface area contributed by atoms with Crippen molar-refractivity contribution >= 4 is 51.9 Å². The van der Waals surface area contributed by atoms with Crippen LogP contribution in [0.5, 0.6) is 0 Å². The number of ketones is 1. The predicted molar refractivity (Wildman–Crippen MR) is 112 cm³/mol. The van der Waals surface area contributed by atoms with E-state index in [4.69, 9.17) is 22.1 Å². The zero-order valence-corrected chi connectivity index (χ0v) is 17.9. The molecule has 0 fully saturated rings. The lowest BCUT2D eigenvalue weighted by atomic mass is 10.00. The molecule has 1 atom stereocenters. The van der Waals surface area contributed by atoms with Crippen molar-refractivity contribution in [3.8, 4) is 0 Å². The molecular formula is C20H16ClFN2O7S. The van der Waals surface area contributed by atoms with Crippen molar-refractivity contribution in [1.29, 1.82) is 0 Å². The number of carbonyl (C=O) groups excluding carboxylic acids is 3. The number of Topliss-reactive ketones (excluding diaryl/α,β-unsaturated/α-hetero) is 1. The van der Waals surface area contributed by atoms with E-state index in [2.05, 4.69) is 4.84 Å². The molecule has 1 aliphatic rings. The fourth-order valence-electron chi connectivity index (χ4n) is 3.26. The number of thiophene rings is 1. The van der Waals surface area contributed by atoms with Crippen LogP contribution >= 0.6 is 22.9 Å². The minimum atomic E-state index is -1.40. The van der Waals surface area contributed by atoms with Gasteiger partial charge in [0.1, 0.15) is 11.7 Å². The highest BCUT2D eigenvalue weighted by molar-refractivity contribution is 7.11. The summed E-state index contributed by atoms with van der Waals surface area (Å²) in [6, 6.07) is 5.43. The summed E-state index contributed by atoms with van der Waals surface area (Å²) in [5.41, 5.74) is 5.45. The molecule has 0 bridgehead atoms. The van der Waals surface area contributed by atoms with Crippen molar-refractivity contribution in [2.75, 3.05) is 6.61 Å². The summed E-state index contributed by atoms with van der Waals surface area (Å²) in [6.07, 6.45) is 0.354. The molecule has 168 valence electrons. The molecule has 3 rings (SSSR count). The van der Waals surface area contributed by atoms with Crippen LogP contribution in [-0.2, 0) is 24.0 Å². The normalized spacial score (nSPS) is 16.4. The molecule has 1 unspecified atom stereocenters. The lowest BCUT2D eigenvalue weighted by molar-refractivity contribution is -0.757. The molecule has 1 aromatic carbocycles. The first kappa shape index (κ1) is 23.4. The highest BCUT2D eigenvalue weighted by atomic mass is 35.5. The highest BCUT2D eigenvalue weighted by Gasteiger charge is 2.42. The summed E-state index contributed by atoms with van der Waals surface area (Å²) in [4.78, 5) is 52.3. The lowest BCUT2D eigenvalue weighted by Crippen LogP contribution is -2.25. The number of amides is 1. The van der Waals surface area contributed by atoms with Gasteiger partial charge in [-0.1, -0.05) is 17.7 Å². The van der Waals surface area contributed by atoms with E-state index in [0.29, 0.717) is 4.88 Å². The third kappa shape index (κ3) is 4.94. The van der Waals surface area contributed by atoms with Crippen molar-refractivity contribution < 1.29 is 33.4 Å². The average Bonchev–Trinajstić information content (AvgIpc) is 3.33. The number of ether oxygens (including phenoxy) is 1. The third-order valence-electron chi connectivity index (χ3n) is 4.63. The minimum absolute atomic E-state index is 0.0660. The Morgan fingerprint density at radius 2 is 2.06 bits per heavy atom. The number of unbranched alkanes of at least 4 members (excludes halogenated alkanes) is 1. The fourth-order valence-corrected chi connectivity index (χ4v) is 4.14. The van der Waals surface area contributed by atoms with Crippen LogP contribution in [0.2, 0.25) is 5.02 Å². The van der Waals surface area contributed by atoms with Crippen LogP contribution in [-0.4, -0.2) is 29.4 Å². The molecule has 0 radical (unpaired) electrons. The topological polar surface area (TPSA) is 139 Å². The molecule has 0 saturated carbocycles. The number of halogens is 2. The van der Waals surface area contributed by atoms with Gasteiger partial charge in [0.15, 0.2) is 11.5 Å². The van der Waals surface area contributed by atoms with Crippen molar-refractivity contribution in [1.82, 2.24) is 0 Å². The first-order chi connectivity index (χ1) is 15.2. The maximum absolute atomic E-state index is 14.2. The quantitative estimate of drug-likeness (QED) is 0.110. The lowest BCUT2D eigenvalue weighted by Gasteiger charge is -2.11. The maximum Gasteiger partial charge on any atom is 0.311 e. The summed E-state index contributed by atoms with van der Waals surface area (Å²) in [5, 5.41) is 10.6. The number of nitrogens with zero attached hydrogens (tertiary/aromatic N) is 1. The average molecular weight is 483 g/mol. The molecule has 0 saturated heterocycles. The van der Waals surface area contributed by atoms with E-state index in [1.54, 1.807) is 17.5 Å². The smallest absolute Gasteiger partial charge is 0.311 e. The molecule has 12 heteroatoms. The SMILES string of the molecule is NC(=O)C1C(=O)/C(=C(/OC(=O)CCCCO[N+](=O)[O-])c2cccs2)c2cc(F)c(Cl)cc21. The van der Waals surface area contributed by atoms with E-state index in [-0.39, 0.29) is 53.4 Å². The van der Waals surface area contributed by atoms with Gasteiger partial charge in [-0.2, -0.15) is 0 Å². The summed E-state index contributed by atoms with van der Waals surface area (Å²) in [6.45, 7) is -0.175. The molecule has 2 aromatic rings. The van der Waals surface area contributed by atoms with Gasteiger partial charge in [0.05, 0.1) is 22.1 Å². The molecule has 9 nitrogen and oxygen atoms in total. The number of benzene rings is 1. The van der Waals surface area contributed by atoms with E-state index in [1.165, 1.54) is 11.3 Å². The number of carbonyl (C=O) groups is 3. The van der Waals surface area contributed by atoms with Crippen molar-refractivity contribution in [2.24, 2.45) is 5.73 Å². The van der Waals surface area contributed by atoms with Crippen LogP contribution in [0.1, 0.15) is 41.2 Å². The standard InChI is InChI=1S/C20H16ClFN2O7S/c21-12-8-10-11(9-13(12)22)16(18(26)17(10)20(23)27)19(14-4-3-7-32-14)31-15(25)5-1-2-6-30-24(28)29/h3-4,7-9,17H,1-2,5-6H2,(H2,23,27)/b19-16+. The van der Waals surface area contributed by atoms with Crippen LogP contribution in [0.25, 0.3) is 11.3 Å². The predicted octanol–water partition coefficient (Wildman–Crippen LogP) is 3.48. The van der Waals surface area contributed by atoms with E-state index in [0.717, 1.165) is 12.1 Å². The summed E-state index contributed by atoms with van der Waals surface area (Å²) >= 11 is 7.00. The number of hydrogen-bond acceptors (Lipinski definition) is 8. The van der Waals surface area contributed by atoms with Gasteiger partial charge in [-0.15, -0.1) is 21.5 Å². The number of nitrogens with two attached hydrogens (primary N) is 1. The molecule has 1 aromatic heterocycles. The summed E-state index contributed by atoms with van der Waals surface area (Å²) in [7, 11) is 0. The summed E-state index contributed by atoms with van der Waals surface area (Å²) in [5.74, 6) is -4.73. The number of primary amides is 1. The number of fused-ring (bicyclic) bond motifs is 1. The maximum atomic E-state index is 14.2. The Labute approximate surface area is 189 Å². The number of hydrogen-bond donors (Lipinski definition) is 1. The van der Waals surface area contributed by atoms with Crippen LogP contribution in [0, 0.1) is 15.9 Å². The molecule has 32 heavy (non-hydrogen) atoms. The second kappa shape index (κ2) is 9.88. The second-order valence-electron chi connectivity index (χ2n) is 6.72. The van der Waals surface area contributed by atoms with E-state index in [9.17, 15) is 28.9 Å². The minimum Gasteiger partial charge on any atom is -0.424 e. The van der Waals surface area contributed by atoms with Crippen molar-refractivity contribution in [3.63, 3.8) is 0 Å². The van der Waals surface area contributed by atoms with Gasteiger partial charge in [-0.3, -0.25) is 14.4 Å². The van der Waals surface area contributed by atoms with Gasteiger partial charge in [0.25, 0.3) is 5.09 Å². The Kier molecular flexibility index (Phi) is 7.21. The third-order valence-corrected chi connectivity index (χ3v) is 5.78. The zero-order valence-electron chi connectivity index (χ0n) is 16.3. The van der Waals surface area contributed by atoms with Crippen LogP contribution < -0.4 is 5.73 Å². The number of esters is 1. The Balaban J connectivity index is 1.97. The fraction of sp³-hybridized carbons (Fsp3) is 0.250. The zero-order chi connectivity index (χ0) is 23.4. The Hall–Kier alpha value is -3.31. The van der Waals surface area contributed by atoms with Gasteiger partial charge in [-0.05, 0) is 47.5 Å². The molecule has 0 spiro atoms. The molecule has 2 N–H and O–H groups in total. The Morgan fingerprint density at radius 1 is 1.31 bits per heavy atom. The number of allylic oxidation sites excluding steroid dienone is 1. The van der Waals surface area contributed by atoms with Gasteiger partial charge in [0.2, 0.25) is 5.91 Å². The molecular weight excluding hydrogens is 467 g/mol. The molecule has 0 aliphatic heterocycles. The van der Waals surface area contributed by atoms with Crippen LogP contribution in [0.15, 0.2) is 29.6 Å². The van der Waals surface area contributed by atoms with Crippen molar-refractivity contribution in [3.05, 3.63) is 66.6 Å². The Bertz CT molecular complexity index is 1120. The largest absolute Gasteiger partial charge is 0.424 e. The van der Waals surface area contributed by atoms with Gasteiger partial charge < -0.3 is 15.3 Å².